The molecule has 0 atom stereocenters. The fourth-order valence-electron chi connectivity index (χ4n) is 3.00. The van der Waals surface area contributed by atoms with Crippen LogP contribution in [0.3, 0.4) is 0 Å². The molecule has 0 aliphatic heterocycles. The van der Waals surface area contributed by atoms with Crippen LogP contribution in [-0.4, -0.2) is 21.1 Å². The lowest BCUT2D eigenvalue weighted by molar-refractivity contribution is -0.118. The lowest BCUT2D eigenvalue weighted by Crippen LogP contribution is -2.30. The molecule has 5 nitrogen and oxygen atoms in total. The molecular weight excluding hydrogens is 380 g/mol. The van der Waals surface area contributed by atoms with Crippen LogP contribution in [0.15, 0.2) is 85.2 Å². The number of hydrogen-bond acceptors (Lipinski definition) is 5. The number of anilines is 1. The molecule has 4 rings (SSSR count). The minimum absolute atomic E-state index is 0.0372. The molecule has 0 bridgehead atoms. The molecule has 0 aliphatic carbocycles. The molecular formula is C23H20N4OS. The van der Waals surface area contributed by atoms with Crippen LogP contribution in [0.25, 0.3) is 10.6 Å². The normalized spacial score (nSPS) is 10.6. The molecule has 0 aliphatic rings. The van der Waals surface area contributed by atoms with E-state index in [0.29, 0.717) is 24.5 Å². The summed E-state index contributed by atoms with van der Waals surface area (Å²) in [6, 6.07) is 23.8. The second-order valence-corrected chi connectivity index (χ2v) is 7.53. The molecule has 0 saturated heterocycles. The van der Waals surface area contributed by atoms with E-state index >= 15 is 0 Å². The number of aryl methyl sites for hydroxylation is 1. The molecule has 0 spiro atoms. The maximum absolute atomic E-state index is 13.1. The topological polar surface area (TPSA) is 59.0 Å². The third kappa shape index (κ3) is 4.92. The predicted molar refractivity (Wildman–Crippen MR) is 116 cm³/mol. The first kappa shape index (κ1) is 19.0. The Kier molecular flexibility index (Phi) is 6.02. The Morgan fingerprint density at radius 3 is 2.17 bits per heavy atom. The summed E-state index contributed by atoms with van der Waals surface area (Å²) in [6.07, 6.45) is 4.56. The van der Waals surface area contributed by atoms with Crippen molar-refractivity contribution in [1.82, 2.24) is 15.2 Å². The lowest BCUT2D eigenvalue weighted by Gasteiger charge is -2.19. The Morgan fingerprint density at radius 1 is 0.828 bits per heavy atom. The molecule has 29 heavy (non-hydrogen) atoms. The van der Waals surface area contributed by atoms with Gasteiger partial charge in [0.05, 0.1) is 6.54 Å². The van der Waals surface area contributed by atoms with Gasteiger partial charge in [0.15, 0.2) is 0 Å². The smallest absolute Gasteiger partial charge is 0.229 e. The zero-order valence-corrected chi connectivity index (χ0v) is 16.6. The number of carbonyl (C=O) groups is 1. The van der Waals surface area contributed by atoms with Gasteiger partial charge in [-0.1, -0.05) is 72.0 Å². The second kappa shape index (κ2) is 9.21. The molecule has 2 heterocycles. The van der Waals surface area contributed by atoms with E-state index in [4.69, 9.17) is 0 Å². The van der Waals surface area contributed by atoms with Crippen LogP contribution in [0.4, 0.5) is 5.13 Å². The Labute approximate surface area is 173 Å². The summed E-state index contributed by atoms with van der Waals surface area (Å²) in [5.74, 6) is 0.0372. The Morgan fingerprint density at radius 2 is 1.48 bits per heavy atom. The standard InChI is InChI=1S/C23H20N4OS/c28-21(12-11-18-7-3-1-4-8-18)27(17-19-9-5-2-6-10-19)23-26-25-22(29-23)20-13-15-24-16-14-20/h1-10,13-16H,11-12,17H2. The summed E-state index contributed by atoms with van der Waals surface area (Å²) in [6.45, 7) is 0.472. The molecule has 0 fully saturated rings. The summed E-state index contributed by atoms with van der Waals surface area (Å²) in [7, 11) is 0. The van der Waals surface area contributed by atoms with Crippen molar-refractivity contribution in [2.45, 2.75) is 19.4 Å². The van der Waals surface area contributed by atoms with Crippen LogP contribution < -0.4 is 4.90 Å². The van der Waals surface area contributed by atoms with E-state index in [1.54, 1.807) is 17.3 Å². The number of amides is 1. The largest absolute Gasteiger partial charge is 0.282 e. The van der Waals surface area contributed by atoms with Gasteiger partial charge in [-0.3, -0.25) is 14.7 Å². The number of rotatable bonds is 7. The molecule has 144 valence electrons. The molecule has 2 aromatic carbocycles. The highest BCUT2D eigenvalue weighted by Crippen LogP contribution is 2.29. The van der Waals surface area contributed by atoms with Gasteiger partial charge >= 0.3 is 0 Å². The maximum atomic E-state index is 13.1. The van der Waals surface area contributed by atoms with Crippen molar-refractivity contribution in [2.75, 3.05) is 4.90 Å². The predicted octanol–water partition coefficient (Wildman–Crippen LogP) is 4.77. The molecule has 4 aromatic rings. The summed E-state index contributed by atoms with van der Waals surface area (Å²) >= 11 is 1.42. The zero-order chi connectivity index (χ0) is 19.9. The van der Waals surface area contributed by atoms with E-state index < -0.39 is 0 Å². The fraction of sp³-hybridized carbons (Fsp3) is 0.130. The van der Waals surface area contributed by atoms with Crippen molar-refractivity contribution in [2.24, 2.45) is 0 Å². The van der Waals surface area contributed by atoms with E-state index in [1.165, 1.54) is 11.3 Å². The van der Waals surface area contributed by atoms with Gasteiger partial charge in [-0.2, -0.15) is 0 Å². The van der Waals surface area contributed by atoms with E-state index in [2.05, 4.69) is 15.2 Å². The minimum atomic E-state index is 0.0372. The molecule has 0 saturated carbocycles. The van der Waals surface area contributed by atoms with Gasteiger partial charge in [-0.15, -0.1) is 10.2 Å². The zero-order valence-electron chi connectivity index (χ0n) is 15.8. The lowest BCUT2D eigenvalue weighted by atomic mass is 10.1. The fourth-order valence-corrected chi connectivity index (χ4v) is 3.86. The van der Waals surface area contributed by atoms with E-state index in [9.17, 15) is 4.79 Å². The summed E-state index contributed by atoms with van der Waals surface area (Å²) in [5.41, 5.74) is 3.15. The van der Waals surface area contributed by atoms with Gasteiger partial charge in [-0.25, -0.2) is 0 Å². The maximum Gasteiger partial charge on any atom is 0.229 e. The van der Waals surface area contributed by atoms with Crippen LogP contribution in [0.2, 0.25) is 0 Å². The number of pyridine rings is 1. The van der Waals surface area contributed by atoms with Crippen LogP contribution in [0.1, 0.15) is 17.5 Å². The number of nitrogens with zero attached hydrogens (tertiary/aromatic N) is 4. The van der Waals surface area contributed by atoms with Crippen molar-refractivity contribution < 1.29 is 4.79 Å². The summed E-state index contributed by atoms with van der Waals surface area (Å²) < 4.78 is 0. The SMILES string of the molecule is O=C(CCc1ccccc1)N(Cc1ccccc1)c1nnc(-c2ccncc2)s1. The number of carbonyl (C=O) groups excluding carboxylic acids is 1. The van der Waals surface area contributed by atoms with E-state index in [0.717, 1.165) is 21.7 Å². The van der Waals surface area contributed by atoms with Gasteiger partial charge in [-0.05, 0) is 29.7 Å². The molecule has 6 heteroatoms. The Hall–Kier alpha value is -3.38. The Bertz CT molecular complexity index is 1050. The molecule has 1 amide bonds. The van der Waals surface area contributed by atoms with Crippen LogP contribution >= 0.6 is 11.3 Å². The molecule has 0 unspecified atom stereocenters. The van der Waals surface area contributed by atoms with Gasteiger partial charge in [0, 0.05) is 24.4 Å². The molecule has 0 radical (unpaired) electrons. The van der Waals surface area contributed by atoms with Crippen LogP contribution in [0, 0.1) is 0 Å². The highest BCUT2D eigenvalue weighted by molar-refractivity contribution is 7.18. The van der Waals surface area contributed by atoms with Gasteiger partial charge < -0.3 is 0 Å². The van der Waals surface area contributed by atoms with Crippen LogP contribution in [0.5, 0.6) is 0 Å². The van der Waals surface area contributed by atoms with Crippen molar-refractivity contribution in [3.05, 3.63) is 96.3 Å². The second-order valence-electron chi connectivity index (χ2n) is 6.58. The average Bonchev–Trinajstić information content (AvgIpc) is 3.28. The van der Waals surface area contributed by atoms with E-state index in [-0.39, 0.29) is 5.91 Å². The monoisotopic (exact) mass is 400 g/mol. The quantitative estimate of drug-likeness (QED) is 0.448. The number of aromatic nitrogens is 3. The average molecular weight is 401 g/mol. The number of hydrogen-bond donors (Lipinski definition) is 0. The summed E-state index contributed by atoms with van der Waals surface area (Å²) in [4.78, 5) is 18.9. The van der Waals surface area contributed by atoms with Gasteiger partial charge in [0.2, 0.25) is 11.0 Å². The first-order chi connectivity index (χ1) is 14.3. The first-order valence-corrected chi connectivity index (χ1v) is 10.2. The summed E-state index contributed by atoms with van der Waals surface area (Å²) in [5, 5.41) is 10.00. The first-order valence-electron chi connectivity index (χ1n) is 9.42. The van der Waals surface area contributed by atoms with Gasteiger partial charge in [0.1, 0.15) is 5.01 Å². The highest BCUT2D eigenvalue weighted by atomic mass is 32.1. The Balaban J connectivity index is 1.56. The molecule has 2 aromatic heterocycles. The van der Waals surface area contributed by atoms with Crippen LogP contribution in [-0.2, 0) is 17.8 Å². The van der Waals surface area contributed by atoms with Crippen molar-refractivity contribution in [3.8, 4) is 10.6 Å². The third-order valence-corrected chi connectivity index (χ3v) is 5.52. The van der Waals surface area contributed by atoms with Crippen molar-refractivity contribution in [3.63, 3.8) is 0 Å². The minimum Gasteiger partial charge on any atom is -0.282 e. The highest BCUT2D eigenvalue weighted by Gasteiger charge is 2.21. The number of benzene rings is 2. The van der Waals surface area contributed by atoms with Crippen molar-refractivity contribution >= 4 is 22.4 Å². The van der Waals surface area contributed by atoms with Gasteiger partial charge in [0.25, 0.3) is 0 Å². The third-order valence-electron chi connectivity index (χ3n) is 4.53. The van der Waals surface area contributed by atoms with E-state index in [1.807, 2.05) is 72.8 Å². The molecule has 0 N–H and O–H groups in total. The van der Waals surface area contributed by atoms with Crippen molar-refractivity contribution in [1.29, 1.82) is 0 Å².